The van der Waals surface area contributed by atoms with Gasteiger partial charge in [-0.15, -0.1) is 12.4 Å². The second-order valence-corrected chi connectivity index (χ2v) is 3.69. The van der Waals surface area contributed by atoms with Crippen molar-refractivity contribution >= 4 is 12.4 Å². The summed E-state index contributed by atoms with van der Waals surface area (Å²) >= 11 is 0. The van der Waals surface area contributed by atoms with Crippen molar-refractivity contribution in [1.82, 2.24) is 0 Å². The first-order valence-corrected chi connectivity index (χ1v) is 5.47. The van der Waals surface area contributed by atoms with Crippen LogP contribution < -0.4 is 0 Å². The van der Waals surface area contributed by atoms with Crippen LogP contribution in [0.15, 0.2) is 24.3 Å². The first kappa shape index (κ1) is 15.6. The monoisotopic (exact) mass is 280 g/mol. The van der Waals surface area contributed by atoms with Gasteiger partial charge in [-0.1, -0.05) is 18.2 Å². The number of aliphatic hydroxyl groups is 2. The maximum Gasteiger partial charge on any atom is 0.181 e. The lowest BCUT2D eigenvalue weighted by molar-refractivity contribution is -0.111. The highest BCUT2D eigenvalue weighted by Gasteiger charge is 2.22. The lowest BCUT2D eigenvalue weighted by Gasteiger charge is -2.04. The molecule has 0 spiro atoms. The number of aliphatic hydroxyl groups excluding tert-OH is 2. The van der Waals surface area contributed by atoms with Crippen molar-refractivity contribution in [3.05, 3.63) is 24.3 Å². The Morgan fingerprint density at radius 1 is 1.00 bits per heavy atom. The number of hydrogen-bond donors (Lipinski definition) is 2. The Hall–Kier alpha value is -0.470. The molecule has 2 fully saturated rings. The molecule has 0 aliphatic carbocycles. The molecule has 4 unspecified atom stereocenters. The van der Waals surface area contributed by atoms with Crippen LogP contribution in [0.2, 0.25) is 0 Å². The molecule has 2 aliphatic heterocycles. The Labute approximate surface area is 111 Å². The van der Waals surface area contributed by atoms with Crippen molar-refractivity contribution in [2.75, 3.05) is 13.2 Å². The largest absolute Gasteiger partial charge is 0.366 e. The van der Waals surface area contributed by atoms with Crippen molar-refractivity contribution in [2.24, 2.45) is 0 Å². The van der Waals surface area contributed by atoms with E-state index in [-0.39, 0.29) is 31.9 Å². The van der Waals surface area contributed by atoms with E-state index in [1.807, 2.05) is 6.08 Å². The maximum atomic E-state index is 9.03. The van der Waals surface area contributed by atoms with E-state index >= 15 is 0 Å². The maximum absolute atomic E-state index is 9.03. The summed E-state index contributed by atoms with van der Waals surface area (Å²) in [6, 6.07) is 0. The molecule has 7 heteroatoms. The van der Waals surface area contributed by atoms with Crippen LogP contribution in [0.25, 0.3) is 0 Å². The number of allylic oxidation sites excluding steroid dienone is 2. The van der Waals surface area contributed by atoms with Crippen molar-refractivity contribution in [2.45, 2.75) is 31.6 Å². The quantitative estimate of drug-likeness (QED) is 0.721. The average Bonchev–Trinajstić information content (AvgIpc) is 2.88. The van der Waals surface area contributed by atoms with E-state index in [0.29, 0.717) is 6.42 Å². The summed E-state index contributed by atoms with van der Waals surface area (Å²) in [6.07, 6.45) is 5.15. The molecule has 0 radical (unpaired) electrons. The van der Waals surface area contributed by atoms with Gasteiger partial charge in [0.1, 0.15) is 13.2 Å². The van der Waals surface area contributed by atoms with Gasteiger partial charge >= 0.3 is 0 Å². The molecule has 0 aromatic heterocycles. The zero-order valence-electron chi connectivity index (χ0n) is 9.68. The van der Waals surface area contributed by atoms with Gasteiger partial charge in [0.05, 0.1) is 0 Å². The van der Waals surface area contributed by atoms with E-state index in [4.69, 9.17) is 29.2 Å². The van der Waals surface area contributed by atoms with Gasteiger partial charge in [-0.25, -0.2) is 0 Å². The molecule has 0 amide bonds. The van der Waals surface area contributed by atoms with E-state index < -0.39 is 18.9 Å². The average molecular weight is 281 g/mol. The summed E-state index contributed by atoms with van der Waals surface area (Å²) in [4.78, 5) is 0. The molecule has 2 rings (SSSR count). The van der Waals surface area contributed by atoms with E-state index in [9.17, 15) is 0 Å². The minimum absolute atomic E-state index is 0. The second-order valence-electron chi connectivity index (χ2n) is 3.69. The lowest BCUT2D eigenvalue weighted by Crippen LogP contribution is -2.10. The molecule has 2 saturated heterocycles. The number of rotatable bonds is 4. The summed E-state index contributed by atoms with van der Waals surface area (Å²) in [5, 5.41) is 18.0. The predicted molar refractivity (Wildman–Crippen MR) is 63.8 cm³/mol. The van der Waals surface area contributed by atoms with Crippen LogP contribution in [0.1, 0.15) is 6.42 Å². The Kier molecular flexibility index (Phi) is 6.80. The third-order valence-electron chi connectivity index (χ3n) is 2.27. The van der Waals surface area contributed by atoms with Crippen LogP contribution in [0.3, 0.4) is 0 Å². The van der Waals surface area contributed by atoms with Crippen LogP contribution in [0.4, 0.5) is 0 Å². The molecule has 0 saturated carbocycles. The highest BCUT2D eigenvalue weighted by molar-refractivity contribution is 5.85. The molecular weight excluding hydrogens is 264 g/mol. The van der Waals surface area contributed by atoms with Gasteiger partial charge in [-0.05, 0) is 6.08 Å². The minimum atomic E-state index is -0.838. The Morgan fingerprint density at radius 2 is 1.72 bits per heavy atom. The topological polar surface area (TPSA) is 77.4 Å². The van der Waals surface area contributed by atoms with E-state index in [2.05, 4.69) is 0 Å². The molecule has 0 aromatic rings. The van der Waals surface area contributed by atoms with Crippen molar-refractivity contribution in [1.29, 1.82) is 0 Å². The number of hydrogen-bond acceptors (Lipinski definition) is 6. The van der Waals surface area contributed by atoms with Crippen LogP contribution in [-0.2, 0) is 18.9 Å². The van der Waals surface area contributed by atoms with E-state index in [1.165, 1.54) is 0 Å². The molecule has 2 aliphatic rings. The fourth-order valence-corrected chi connectivity index (χ4v) is 1.50. The Balaban J connectivity index is 0.00000162. The fourth-order valence-electron chi connectivity index (χ4n) is 1.50. The first-order chi connectivity index (χ1) is 8.24. The molecule has 2 heterocycles. The molecule has 104 valence electrons. The van der Waals surface area contributed by atoms with Crippen molar-refractivity contribution < 1.29 is 29.2 Å². The van der Waals surface area contributed by atoms with Crippen LogP contribution in [-0.4, -0.2) is 48.6 Å². The van der Waals surface area contributed by atoms with Crippen LogP contribution in [0.5, 0.6) is 0 Å². The van der Waals surface area contributed by atoms with Crippen LogP contribution >= 0.6 is 12.4 Å². The van der Waals surface area contributed by atoms with E-state index in [0.717, 1.165) is 0 Å². The molecule has 6 nitrogen and oxygen atoms in total. The summed E-state index contributed by atoms with van der Waals surface area (Å²) in [6.45, 7) is 0.413. The molecule has 0 aromatic carbocycles. The molecule has 18 heavy (non-hydrogen) atoms. The van der Waals surface area contributed by atoms with Crippen LogP contribution in [0, 0.1) is 0 Å². The van der Waals surface area contributed by atoms with Gasteiger partial charge in [0.25, 0.3) is 0 Å². The molecule has 2 N–H and O–H groups in total. The third kappa shape index (κ3) is 5.03. The van der Waals surface area contributed by atoms with Gasteiger partial charge in [-0.3, -0.25) is 0 Å². The summed E-state index contributed by atoms with van der Waals surface area (Å²) in [5.41, 5.74) is 0. The zero-order valence-corrected chi connectivity index (χ0v) is 10.5. The standard InChI is InChI=1S/C11H16O6.ClH/c12-8-6-14-10(16-8)4-2-1-3-5-11-15-7-9(13)17-11;/h1-4,8-13H,5-7H2;1H/b3-1+,4-2+;. The lowest BCUT2D eigenvalue weighted by atomic mass is 10.3. The first-order valence-electron chi connectivity index (χ1n) is 5.47. The Bertz CT molecular complexity index is 295. The zero-order chi connectivity index (χ0) is 12.1. The van der Waals surface area contributed by atoms with Crippen molar-refractivity contribution in [3.8, 4) is 0 Å². The summed E-state index contributed by atoms with van der Waals surface area (Å²) in [5.74, 6) is 0. The van der Waals surface area contributed by atoms with Gasteiger partial charge in [0.15, 0.2) is 25.2 Å². The number of ether oxygens (including phenoxy) is 4. The highest BCUT2D eigenvalue weighted by Crippen LogP contribution is 2.13. The van der Waals surface area contributed by atoms with Crippen molar-refractivity contribution in [3.63, 3.8) is 0 Å². The SMILES string of the molecule is Cl.OC1COC(/C=C/C=C/CC2OCC(O)O2)O1. The number of halogens is 1. The fraction of sp³-hybridized carbons (Fsp3) is 0.636. The Morgan fingerprint density at radius 3 is 2.33 bits per heavy atom. The highest BCUT2D eigenvalue weighted by atomic mass is 35.5. The van der Waals surface area contributed by atoms with Gasteiger partial charge in [-0.2, -0.15) is 0 Å². The van der Waals surface area contributed by atoms with Gasteiger partial charge in [0, 0.05) is 6.42 Å². The predicted octanol–water partition coefficient (Wildman–Crippen LogP) is 0.293. The van der Waals surface area contributed by atoms with Gasteiger partial charge < -0.3 is 29.2 Å². The summed E-state index contributed by atoms with van der Waals surface area (Å²) < 4.78 is 20.2. The normalized spacial score (nSPS) is 36.6. The second kappa shape index (κ2) is 7.85. The molecule has 0 bridgehead atoms. The summed E-state index contributed by atoms with van der Waals surface area (Å²) in [7, 11) is 0. The smallest absolute Gasteiger partial charge is 0.181 e. The minimum Gasteiger partial charge on any atom is -0.366 e. The van der Waals surface area contributed by atoms with Gasteiger partial charge in [0.2, 0.25) is 0 Å². The third-order valence-corrected chi connectivity index (χ3v) is 2.27. The van der Waals surface area contributed by atoms with E-state index in [1.54, 1.807) is 18.2 Å². The molecule has 4 atom stereocenters. The molecular formula is C11H17ClO6.